The Balaban J connectivity index is 1.99. The van der Waals surface area contributed by atoms with Crippen molar-refractivity contribution in [1.82, 2.24) is 5.32 Å². The maximum Gasteiger partial charge on any atom is 0.257 e. The number of carbonyl (C=O) groups excluding carboxylic acids is 1. The van der Waals surface area contributed by atoms with Gasteiger partial charge < -0.3 is 10.1 Å². The zero-order valence-corrected chi connectivity index (χ0v) is 16.9. The summed E-state index contributed by atoms with van der Waals surface area (Å²) in [6.07, 6.45) is 0.924. The molecule has 0 bridgehead atoms. The van der Waals surface area contributed by atoms with E-state index in [1.165, 1.54) is 5.56 Å². The number of rotatable bonds is 5. The molecule has 0 atom stereocenters. The van der Waals surface area contributed by atoms with Crippen LogP contribution in [-0.4, -0.2) is 17.6 Å². The summed E-state index contributed by atoms with van der Waals surface area (Å²) in [6, 6.07) is 11.1. The van der Waals surface area contributed by atoms with Crippen molar-refractivity contribution >= 4 is 44.9 Å². The summed E-state index contributed by atoms with van der Waals surface area (Å²) >= 11 is 8.65. The molecule has 0 heterocycles. The van der Waals surface area contributed by atoms with Crippen LogP contribution < -0.4 is 15.4 Å². The average Bonchev–Trinajstić information content (AvgIpc) is 2.57. The third kappa shape index (κ3) is 5.54. The van der Waals surface area contributed by atoms with E-state index < -0.39 is 0 Å². The van der Waals surface area contributed by atoms with Gasteiger partial charge in [-0.15, -0.1) is 0 Å². The molecule has 4 nitrogen and oxygen atoms in total. The maximum absolute atomic E-state index is 12.3. The highest BCUT2D eigenvalue weighted by atomic mass is 79.9. The Morgan fingerprint density at radius 2 is 1.92 bits per heavy atom. The van der Waals surface area contributed by atoms with E-state index in [4.69, 9.17) is 17.0 Å². The molecular formula is C19H21BrN2O2S. The van der Waals surface area contributed by atoms with Crippen LogP contribution >= 0.6 is 28.1 Å². The molecule has 2 aromatic rings. The Kier molecular flexibility index (Phi) is 6.96. The Morgan fingerprint density at radius 3 is 2.56 bits per heavy atom. The number of ether oxygens (including phenoxy) is 1. The Morgan fingerprint density at radius 1 is 1.16 bits per heavy atom. The molecule has 0 aliphatic heterocycles. The fourth-order valence-electron chi connectivity index (χ4n) is 2.13. The molecular weight excluding hydrogens is 400 g/mol. The van der Waals surface area contributed by atoms with E-state index in [2.05, 4.69) is 26.6 Å². The van der Waals surface area contributed by atoms with Crippen molar-refractivity contribution in [1.29, 1.82) is 0 Å². The summed E-state index contributed by atoms with van der Waals surface area (Å²) < 4.78 is 6.32. The third-order valence-corrected chi connectivity index (χ3v) is 4.47. The van der Waals surface area contributed by atoms with Gasteiger partial charge in [-0.1, -0.05) is 13.0 Å². The first-order valence-electron chi connectivity index (χ1n) is 8.02. The van der Waals surface area contributed by atoms with Crippen LogP contribution in [0.4, 0.5) is 5.69 Å². The van der Waals surface area contributed by atoms with E-state index in [-0.39, 0.29) is 11.0 Å². The first-order valence-corrected chi connectivity index (χ1v) is 9.22. The number of hydrogen-bond acceptors (Lipinski definition) is 3. The predicted octanol–water partition coefficient (Wildman–Crippen LogP) is 4.98. The molecule has 6 heteroatoms. The molecule has 0 spiro atoms. The quantitative estimate of drug-likeness (QED) is 0.669. The van der Waals surface area contributed by atoms with Crippen LogP contribution in [0.1, 0.15) is 34.8 Å². The smallest absolute Gasteiger partial charge is 0.257 e. The van der Waals surface area contributed by atoms with E-state index >= 15 is 0 Å². The summed E-state index contributed by atoms with van der Waals surface area (Å²) in [7, 11) is 0. The maximum atomic E-state index is 12.3. The van der Waals surface area contributed by atoms with Gasteiger partial charge in [-0.25, -0.2) is 0 Å². The van der Waals surface area contributed by atoms with Crippen LogP contribution in [0.15, 0.2) is 40.9 Å². The van der Waals surface area contributed by atoms with E-state index in [0.29, 0.717) is 17.9 Å². The lowest BCUT2D eigenvalue weighted by atomic mass is 10.1. The molecule has 25 heavy (non-hydrogen) atoms. The lowest BCUT2D eigenvalue weighted by Crippen LogP contribution is -2.34. The van der Waals surface area contributed by atoms with Gasteiger partial charge >= 0.3 is 0 Å². The highest BCUT2D eigenvalue weighted by molar-refractivity contribution is 9.10. The van der Waals surface area contributed by atoms with Crippen molar-refractivity contribution in [2.24, 2.45) is 0 Å². The second kappa shape index (κ2) is 8.97. The second-order valence-electron chi connectivity index (χ2n) is 5.70. The molecule has 0 saturated heterocycles. The first kappa shape index (κ1) is 19.4. The standard InChI is InChI=1S/C19H21BrN2O2S/c1-4-9-24-17-8-6-14(11-16(17)20)18(23)22-19(25)21-15-7-5-12(2)13(3)10-15/h5-8,10-11H,4,9H2,1-3H3,(H2,21,22,23,25). The van der Waals surface area contributed by atoms with Gasteiger partial charge in [0.25, 0.3) is 5.91 Å². The van der Waals surface area contributed by atoms with Crippen molar-refractivity contribution in [3.8, 4) is 5.75 Å². The zero-order chi connectivity index (χ0) is 18.4. The lowest BCUT2D eigenvalue weighted by molar-refractivity contribution is 0.0977. The molecule has 2 aromatic carbocycles. The molecule has 0 unspecified atom stereocenters. The Bertz CT molecular complexity index is 793. The van der Waals surface area contributed by atoms with Gasteiger partial charge in [0.2, 0.25) is 0 Å². The van der Waals surface area contributed by atoms with E-state index in [9.17, 15) is 4.79 Å². The zero-order valence-electron chi connectivity index (χ0n) is 14.5. The normalized spacial score (nSPS) is 10.2. The van der Waals surface area contributed by atoms with Crippen LogP contribution in [-0.2, 0) is 0 Å². The van der Waals surface area contributed by atoms with Crippen LogP contribution in [0.2, 0.25) is 0 Å². The van der Waals surface area contributed by atoms with Crippen LogP contribution in [0.3, 0.4) is 0 Å². The Hall–Kier alpha value is -1.92. The summed E-state index contributed by atoms with van der Waals surface area (Å²) in [5.41, 5.74) is 3.71. The van der Waals surface area contributed by atoms with Crippen molar-refractivity contribution in [2.75, 3.05) is 11.9 Å². The predicted molar refractivity (Wildman–Crippen MR) is 110 cm³/mol. The number of aryl methyl sites for hydroxylation is 2. The first-order chi connectivity index (χ1) is 11.9. The fraction of sp³-hybridized carbons (Fsp3) is 0.263. The molecule has 0 aliphatic rings. The fourth-order valence-corrected chi connectivity index (χ4v) is 2.83. The van der Waals surface area contributed by atoms with Crippen molar-refractivity contribution in [3.63, 3.8) is 0 Å². The highest BCUT2D eigenvalue weighted by Gasteiger charge is 2.11. The number of thiocarbonyl (C=S) groups is 1. The van der Waals surface area contributed by atoms with Gasteiger partial charge in [0.05, 0.1) is 11.1 Å². The van der Waals surface area contributed by atoms with Gasteiger partial charge in [0.1, 0.15) is 5.75 Å². The summed E-state index contributed by atoms with van der Waals surface area (Å²) in [5.74, 6) is 0.443. The van der Waals surface area contributed by atoms with Gasteiger partial charge in [0, 0.05) is 11.3 Å². The van der Waals surface area contributed by atoms with E-state index in [1.54, 1.807) is 18.2 Å². The molecule has 0 aliphatic carbocycles. The lowest BCUT2D eigenvalue weighted by Gasteiger charge is -2.12. The number of amides is 1. The number of nitrogens with one attached hydrogen (secondary N) is 2. The van der Waals surface area contributed by atoms with Crippen molar-refractivity contribution in [2.45, 2.75) is 27.2 Å². The molecule has 1 amide bonds. The molecule has 0 aromatic heterocycles. The summed E-state index contributed by atoms with van der Waals surface area (Å²) in [4.78, 5) is 12.3. The topological polar surface area (TPSA) is 50.4 Å². The summed E-state index contributed by atoms with van der Waals surface area (Å²) in [5, 5.41) is 5.98. The highest BCUT2D eigenvalue weighted by Crippen LogP contribution is 2.26. The number of carbonyl (C=O) groups is 1. The molecule has 0 radical (unpaired) electrons. The number of halogens is 1. The van der Waals surface area contributed by atoms with Crippen molar-refractivity contribution in [3.05, 3.63) is 57.6 Å². The molecule has 2 N–H and O–H groups in total. The minimum Gasteiger partial charge on any atom is -0.492 e. The van der Waals surface area contributed by atoms with Crippen LogP contribution in [0.5, 0.6) is 5.75 Å². The number of anilines is 1. The van der Waals surface area contributed by atoms with Gasteiger partial charge in [0.15, 0.2) is 5.11 Å². The molecule has 2 rings (SSSR count). The second-order valence-corrected chi connectivity index (χ2v) is 6.96. The Labute approximate surface area is 162 Å². The average molecular weight is 421 g/mol. The van der Waals surface area contributed by atoms with Crippen molar-refractivity contribution < 1.29 is 9.53 Å². The van der Waals surface area contributed by atoms with E-state index in [1.807, 2.05) is 39.0 Å². The monoisotopic (exact) mass is 420 g/mol. The molecule has 132 valence electrons. The van der Waals surface area contributed by atoms with Gasteiger partial charge in [-0.05, 0) is 89.9 Å². The number of benzene rings is 2. The van der Waals surface area contributed by atoms with Gasteiger partial charge in [-0.3, -0.25) is 10.1 Å². The number of hydrogen-bond donors (Lipinski definition) is 2. The SMILES string of the molecule is CCCOc1ccc(C(=O)NC(=S)Nc2ccc(C)c(C)c2)cc1Br. The minimum atomic E-state index is -0.274. The van der Waals surface area contributed by atoms with Crippen LogP contribution in [0, 0.1) is 13.8 Å². The van der Waals surface area contributed by atoms with E-state index in [0.717, 1.165) is 22.1 Å². The molecule has 0 saturated carbocycles. The van der Waals surface area contributed by atoms with Crippen LogP contribution in [0.25, 0.3) is 0 Å². The third-order valence-electron chi connectivity index (χ3n) is 3.65. The minimum absolute atomic E-state index is 0.260. The summed E-state index contributed by atoms with van der Waals surface area (Å²) in [6.45, 7) is 6.75. The van der Waals surface area contributed by atoms with Gasteiger partial charge in [-0.2, -0.15) is 0 Å². The largest absolute Gasteiger partial charge is 0.492 e. The molecule has 0 fully saturated rings.